The van der Waals surface area contributed by atoms with E-state index in [-0.39, 0.29) is 11.7 Å². The Morgan fingerprint density at radius 1 is 1.12 bits per heavy atom. The third-order valence-electron chi connectivity index (χ3n) is 4.39. The van der Waals surface area contributed by atoms with Crippen LogP contribution in [0.1, 0.15) is 29.2 Å². The number of hydrogen-bond acceptors (Lipinski definition) is 7. The molecule has 1 aromatic heterocycles. The zero-order chi connectivity index (χ0) is 18.5. The highest BCUT2D eigenvalue weighted by Gasteiger charge is 2.20. The molecule has 0 unspecified atom stereocenters. The first kappa shape index (κ1) is 18.5. The van der Waals surface area contributed by atoms with Crippen LogP contribution in [0.3, 0.4) is 0 Å². The van der Waals surface area contributed by atoms with E-state index in [0.717, 1.165) is 48.9 Å². The zero-order valence-electron chi connectivity index (χ0n) is 15.1. The van der Waals surface area contributed by atoms with E-state index in [1.165, 1.54) is 11.3 Å². The van der Waals surface area contributed by atoms with Crippen LogP contribution in [0.4, 0.5) is 10.8 Å². The number of anilines is 2. The molecule has 0 radical (unpaired) electrons. The minimum Gasteiger partial charge on any atom is -0.369 e. The summed E-state index contributed by atoms with van der Waals surface area (Å²) in [5, 5.41) is 12.3. The molecule has 3 rings (SSSR count). The molecule has 8 heteroatoms. The number of hydrogen-bond donors (Lipinski definition) is 1. The van der Waals surface area contributed by atoms with Gasteiger partial charge in [0.05, 0.1) is 6.54 Å². The molecular formula is C18H23N5O2S. The largest absolute Gasteiger partial charge is 0.369 e. The minimum atomic E-state index is -0.0527. The van der Waals surface area contributed by atoms with Crippen LogP contribution in [0.25, 0.3) is 0 Å². The van der Waals surface area contributed by atoms with Gasteiger partial charge < -0.3 is 4.90 Å². The molecule has 0 aliphatic carbocycles. The van der Waals surface area contributed by atoms with E-state index in [2.05, 4.69) is 25.3 Å². The van der Waals surface area contributed by atoms with Gasteiger partial charge in [0, 0.05) is 37.4 Å². The molecule has 0 spiro atoms. The lowest BCUT2D eigenvalue weighted by Crippen LogP contribution is -2.48. The van der Waals surface area contributed by atoms with Crippen molar-refractivity contribution >= 4 is 33.8 Å². The first-order chi connectivity index (χ1) is 12.5. The van der Waals surface area contributed by atoms with Gasteiger partial charge in [-0.1, -0.05) is 18.3 Å². The highest BCUT2D eigenvalue weighted by Crippen LogP contribution is 2.18. The molecule has 1 aliphatic rings. The lowest BCUT2D eigenvalue weighted by molar-refractivity contribution is -0.117. The van der Waals surface area contributed by atoms with Gasteiger partial charge in [0.15, 0.2) is 5.78 Å². The first-order valence-corrected chi connectivity index (χ1v) is 9.57. The molecule has 1 aromatic carbocycles. The van der Waals surface area contributed by atoms with Crippen molar-refractivity contribution in [3.63, 3.8) is 0 Å². The molecule has 2 heterocycles. The topological polar surface area (TPSA) is 78.4 Å². The predicted molar refractivity (Wildman–Crippen MR) is 103 cm³/mol. The quantitative estimate of drug-likeness (QED) is 0.781. The summed E-state index contributed by atoms with van der Waals surface area (Å²) in [5.41, 5.74) is 1.84. The van der Waals surface area contributed by atoms with Gasteiger partial charge >= 0.3 is 0 Å². The Kier molecular flexibility index (Phi) is 5.95. The van der Waals surface area contributed by atoms with Gasteiger partial charge in [-0.3, -0.25) is 19.8 Å². The summed E-state index contributed by atoms with van der Waals surface area (Å²) >= 11 is 1.42. The average Bonchev–Trinajstić information content (AvgIpc) is 3.10. The second-order valence-electron chi connectivity index (χ2n) is 6.27. The number of aromatic nitrogens is 2. The Morgan fingerprint density at radius 2 is 1.81 bits per heavy atom. The Balaban J connectivity index is 1.47. The molecule has 138 valence electrons. The molecule has 2 aromatic rings. The maximum atomic E-state index is 12.2. The average molecular weight is 373 g/mol. The Morgan fingerprint density at radius 3 is 2.38 bits per heavy atom. The fourth-order valence-corrected chi connectivity index (χ4v) is 3.58. The molecule has 1 saturated heterocycles. The molecule has 1 amide bonds. The van der Waals surface area contributed by atoms with Gasteiger partial charge in [0.2, 0.25) is 11.0 Å². The SMILES string of the molecule is CCc1nnc(NC(=O)CN2CCN(c3ccc(C(C)=O)cc3)CC2)s1. The van der Waals surface area contributed by atoms with Gasteiger partial charge in [-0.05, 0) is 37.6 Å². The van der Waals surface area contributed by atoms with Crippen molar-refractivity contribution in [3.05, 3.63) is 34.8 Å². The fourth-order valence-electron chi connectivity index (χ4n) is 2.88. The van der Waals surface area contributed by atoms with E-state index >= 15 is 0 Å². The standard InChI is InChI=1S/C18H23N5O2S/c1-3-17-20-21-18(26-17)19-16(25)12-22-8-10-23(11-9-22)15-6-4-14(5-7-15)13(2)24/h4-7H,3,8-12H2,1-2H3,(H,19,21,25). The van der Waals surface area contributed by atoms with Crippen molar-refractivity contribution in [2.24, 2.45) is 0 Å². The van der Waals surface area contributed by atoms with Crippen LogP contribution in [0, 0.1) is 0 Å². The Bertz CT molecular complexity index is 766. The van der Waals surface area contributed by atoms with Crippen LogP contribution in [0.5, 0.6) is 0 Å². The summed E-state index contributed by atoms with van der Waals surface area (Å²) < 4.78 is 0. The van der Waals surface area contributed by atoms with Gasteiger partial charge in [0.25, 0.3) is 0 Å². The van der Waals surface area contributed by atoms with Crippen LogP contribution in [-0.2, 0) is 11.2 Å². The molecule has 0 atom stereocenters. The number of ketones is 1. The Labute approximate surface area is 157 Å². The monoisotopic (exact) mass is 373 g/mol. The minimum absolute atomic E-state index is 0.0527. The maximum absolute atomic E-state index is 12.2. The van der Waals surface area contributed by atoms with Crippen LogP contribution in [-0.4, -0.2) is 59.5 Å². The smallest absolute Gasteiger partial charge is 0.240 e. The second-order valence-corrected chi connectivity index (χ2v) is 7.33. The van der Waals surface area contributed by atoms with Crippen molar-refractivity contribution in [1.29, 1.82) is 0 Å². The predicted octanol–water partition coefficient (Wildman–Crippen LogP) is 2.06. The van der Waals surface area contributed by atoms with E-state index in [0.29, 0.717) is 11.7 Å². The molecule has 1 N–H and O–H groups in total. The maximum Gasteiger partial charge on any atom is 0.240 e. The van der Waals surface area contributed by atoms with E-state index in [1.54, 1.807) is 6.92 Å². The van der Waals surface area contributed by atoms with E-state index in [9.17, 15) is 9.59 Å². The molecule has 0 bridgehead atoms. The number of aryl methyl sites for hydroxylation is 1. The summed E-state index contributed by atoms with van der Waals surface area (Å²) in [5.74, 6) is 0.0249. The van der Waals surface area contributed by atoms with E-state index in [1.807, 2.05) is 31.2 Å². The number of amides is 1. The highest BCUT2D eigenvalue weighted by atomic mass is 32.1. The number of carbonyl (C=O) groups excluding carboxylic acids is 2. The highest BCUT2D eigenvalue weighted by molar-refractivity contribution is 7.15. The van der Waals surface area contributed by atoms with Gasteiger partial charge in [-0.15, -0.1) is 10.2 Å². The van der Waals surface area contributed by atoms with Gasteiger partial charge in [0.1, 0.15) is 5.01 Å². The number of rotatable bonds is 6. The van der Waals surface area contributed by atoms with Crippen molar-refractivity contribution < 1.29 is 9.59 Å². The summed E-state index contributed by atoms with van der Waals surface area (Å²) in [6.07, 6.45) is 0.822. The first-order valence-electron chi connectivity index (χ1n) is 8.75. The third kappa shape index (κ3) is 4.64. The van der Waals surface area contributed by atoms with Crippen molar-refractivity contribution in [2.45, 2.75) is 20.3 Å². The number of benzene rings is 1. The fraction of sp³-hybridized carbons (Fsp3) is 0.444. The zero-order valence-corrected chi connectivity index (χ0v) is 15.9. The second kappa shape index (κ2) is 8.37. The van der Waals surface area contributed by atoms with Crippen molar-refractivity contribution in [2.75, 3.05) is 42.9 Å². The summed E-state index contributed by atoms with van der Waals surface area (Å²) in [4.78, 5) is 27.9. The molecule has 7 nitrogen and oxygen atoms in total. The lowest BCUT2D eigenvalue weighted by Gasteiger charge is -2.35. The van der Waals surface area contributed by atoms with Crippen molar-refractivity contribution in [3.8, 4) is 0 Å². The third-order valence-corrected chi connectivity index (χ3v) is 5.38. The molecular weight excluding hydrogens is 350 g/mol. The van der Waals surface area contributed by atoms with E-state index < -0.39 is 0 Å². The molecule has 26 heavy (non-hydrogen) atoms. The number of piperazine rings is 1. The van der Waals surface area contributed by atoms with Crippen LogP contribution < -0.4 is 10.2 Å². The van der Waals surface area contributed by atoms with E-state index in [4.69, 9.17) is 0 Å². The number of nitrogens with zero attached hydrogens (tertiary/aromatic N) is 4. The summed E-state index contributed by atoms with van der Waals surface area (Å²) in [6, 6.07) is 7.70. The molecule has 0 saturated carbocycles. The summed E-state index contributed by atoms with van der Waals surface area (Å²) in [6.45, 7) is 7.29. The number of nitrogens with one attached hydrogen (secondary N) is 1. The van der Waals surface area contributed by atoms with Crippen LogP contribution in [0.2, 0.25) is 0 Å². The normalized spacial score (nSPS) is 15.1. The Hall–Kier alpha value is -2.32. The summed E-state index contributed by atoms with van der Waals surface area (Å²) in [7, 11) is 0. The van der Waals surface area contributed by atoms with Gasteiger partial charge in [-0.25, -0.2) is 0 Å². The van der Waals surface area contributed by atoms with Crippen molar-refractivity contribution in [1.82, 2.24) is 15.1 Å². The number of Topliss-reactive ketones (excluding diaryl/α,β-unsaturated/α-hetero) is 1. The van der Waals surface area contributed by atoms with Crippen LogP contribution >= 0.6 is 11.3 Å². The van der Waals surface area contributed by atoms with Crippen LogP contribution in [0.15, 0.2) is 24.3 Å². The number of carbonyl (C=O) groups is 2. The lowest BCUT2D eigenvalue weighted by atomic mass is 10.1. The molecule has 1 aliphatic heterocycles. The molecule has 1 fully saturated rings. The van der Waals surface area contributed by atoms with Gasteiger partial charge in [-0.2, -0.15) is 0 Å².